The van der Waals surface area contributed by atoms with E-state index in [-0.39, 0.29) is 24.3 Å². The minimum atomic E-state index is -0.641. The van der Waals surface area contributed by atoms with Gasteiger partial charge in [-0.1, -0.05) is 38.1 Å². The van der Waals surface area contributed by atoms with Crippen molar-refractivity contribution in [3.63, 3.8) is 0 Å². The minimum Gasteiger partial charge on any atom is -0.477 e. The van der Waals surface area contributed by atoms with Gasteiger partial charge in [0.05, 0.1) is 23.5 Å². The summed E-state index contributed by atoms with van der Waals surface area (Å²) in [6.45, 7) is 4.88. The molecule has 1 aliphatic heterocycles. The van der Waals surface area contributed by atoms with Crippen LogP contribution in [0, 0.1) is 11.3 Å². The molecular formula is C24H28N4O3. The Kier molecular flexibility index (Phi) is 7.50. The maximum absolute atomic E-state index is 12.8. The number of nitrogens with one attached hydrogen (secondary N) is 2. The summed E-state index contributed by atoms with van der Waals surface area (Å²) >= 11 is 0. The van der Waals surface area contributed by atoms with Crippen LogP contribution < -0.4 is 20.3 Å². The van der Waals surface area contributed by atoms with Crippen molar-refractivity contribution >= 4 is 23.2 Å². The third-order valence-corrected chi connectivity index (χ3v) is 5.42. The van der Waals surface area contributed by atoms with E-state index in [1.807, 2.05) is 43.0 Å². The normalized spacial score (nSPS) is 14.9. The summed E-state index contributed by atoms with van der Waals surface area (Å²) in [5, 5.41) is 15.0. The van der Waals surface area contributed by atoms with Gasteiger partial charge in [-0.2, -0.15) is 5.26 Å². The van der Waals surface area contributed by atoms with E-state index < -0.39 is 6.10 Å². The van der Waals surface area contributed by atoms with Crippen LogP contribution in [0.4, 0.5) is 11.4 Å². The molecule has 162 valence electrons. The summed E-state index contributed by atoms with van der Waals surface area (Å²) < 4.78 is 5.96. The van der Waals surface area contributed by atoms with E-state index in [1.165, 1.54) is 0 Å². The third-order valence-electron chi connectivity index (χ3n) is 5.42. The highest BCUT2D eigenvalue weighted by atomic mass is 16.5. The Balaban J connectivity index is 1.67. The van der Waals surface area contributed by atoms with E-state index in [2.05, 4.69) is 16.7 Å². The highest BCUT2D eigenvalue weighted by Crippen LogP contribution is 2.33. The molecule has 7 heteroatoms. The van der Waals surface area contributed by atoms with E-state index in [0.717, 1.165) is 18.5 Å². The van der Waals surface area contributed by atoms with Crippen LogP contribution in [0.5, 0.6) is 5.75 Å². The second-order valence-corrected chi connectivity index (χ2v) is 7.50. The molecule has 31 heavy (non-hydrogen) atoms. The first-order valence-corrected chi connectivity index (χ1v) is 10.7. The maximum Gasteiger partial charge on any atom is 0.263 e. The fraction of sp³-hybridized carbons (Fsp3) is 0.375. The smallest absolute Gasteiger partial charge is 0.263 e. The van der Waals surface area contributed by atoms with E-state index in [0.29, 0.717) is 30.1 Å². The third kappa shape index (κ3) is 5.54. The van der Waals surface area contributed by atoms with E-state index in [4.69, 9.17) is 4.74 Å². The van der Waals surface area contributed by atoms with Crippen LogP contribution in [0.2, 0.25) is 0 Å². The second-order valence-electron chi connectivity index (χ2n) is 7.50. The lowest BCUT2D eigenvalue weighted by Crippen LogP contribution is -2.51. The molecule has 0 radical (unpaired) electrons. The lowest BCUT2D eigenvalue weighted by atomic mass is 10.1. The Bertz CT molecular complexity index is 965. The van der Waals surface area contributed by atoms with Gasteiger partial charge in [-0.05, 0) is 37.1 Å². The van der Waals surface area contributed by atoms with Crippen LogP contribution in [-0.4, -0.2) is 37.0 Å². The summed E-state index contributed by atoms with van der Waals surface area (Å²) in [5.74, 6) is 0.305. The van der Waals surface area contributed by atoms with Gasteiger partial charge in [-0.15, -0.1) is 0 Å². The predicted molar refractivity (Wildman–Crippen MR) is 120 cm³/mol. The molecule has 0 saturated carbocycles. The molecule has 2 amide bonds. The number of hydrogen-bond acceptors (Lipinski definition) is 5. The molecule has 1 atom stereocenters. The number of rotatable bonds is 8. The molecule has 0 fully saturated rings. The van der Waals surface area contributed by atoms with Gasteiger partial charge in [-0.25, -0.2) is 0 Å². The number of fused-ring (bicyclic) bond motifs is 1. The van der Waals surface area contributed by atoms with Gasteiger partial charge in [0.2, 0.25) is 5.91 Å². The van der Waals surface area contributed by atoms with Crippen molar-refractivity contribution in [1.82, 2.24) is 5.32 Å². The quantitative estimate of drug-likeness (QED) is 0.682. The molecule has 7 nitrogen and oxygen atoms in total. The van der Waals surface area contributed by atoms with Gasteiger partial charge < -0.3 is 20.3 Å². The van der Waals surface area contributed by atoms with Crippen molar-refractivity contribution in [1.29, 1.82) is 5.26 Å². The summed E-state index contributed by atoms with van der Waals surface area (Å²) in [6, 6.07) is 16.6. The lowest BCUT2D eigenvalue weighted by Gasteiger charge is -2.36. The Morgan fingerprint density at radius 3 is 2.61 bits per heavy atom. The number of para-hydroxylation sites is 3. The van der Waals surface area contributed by atoms with E-state index >= 15 is 0 Å². The van der Waals surface area contributed by atoms with Crippen molar-refractivity contribution in [3.8, 4) is 11.8 Å². The number of anilines is 2. The number of ether oxygens (including phenoxy) is 1. The van der Waals surface area contributed by atoms with Crippen molar-refractivity contribution in [2.75, 3.05) is 23.3 Å². The van der Waals surface area contributed by atoms with Crippen LogP contribution >= 0.6 is 0 Å². The maximum atomic E-state index is 12.8. The van der Waals surface area contributed by atoms with Crippen LogP contribution in [0.1, 0.15) is 38.7 Å². The number of benzene rings is 2. The zero-order valence-electron chi connectivity index (χ0n) is 17.9. The van der Waals surface area contributed by atoms with E-state index in [1.54, 1.807) is 24.3 Å². The number of carbonyl (C=O) groups is 2. The molecule has 0 spiro atoms. The lowest BCUT2D eigenvalue weighted by molar-refractivity contribution is -0.128. The Morgan fingerprint density at radius 2 is 1.87 bits per heavy atom. The highest BCUT2D eigenvalue weighted by Gasteiger charge is 2.31. The van der Waals surface area contributed by atoms with Gasteiger partial charge in [-0.3, -0.25) is 9.59 Å². The van der Waals surface area contributed by atoms with Crippen molar-refractivity contribution in [2.24, 2.45) is 0 Å². The Labute approximate surface area is 183 Å². The van der Waals surface area contributed by atoms with Crippen molar-refractivity contribution in [3.05, 3.63) is 54.1 Å². The van der Waals surface area contributed by atoms with Crippen LogP contribution in [-0.2, 0) is 9.59 Å². The predicted octanol–water partition coefficient (Wildman–Crippen LogP) is 3.46. The Hall–Kier alpha value is -3.53. The first-order chi connectivity index (χ1) is 15.0. The number of hydrogen-bond donors (Lipinski definition) is 2. The molecule has 1 heterocycles. The van der Waals surface area contributed by atoms with Gasteiger partial charge in [0.1, 0.15) is 11.8 Å². The Morgan fingerprint density at radius 1 is 1.16 bits per heavy atom. The van der Waals surface area contributed by atoms with Crippen LogP contribution in [0.15, 0.2) is 48.5 Å². The summed E-state index contributed by atoms with van der Waals surface area (Å²) in [6.07, 6.45) is 1.30. The molecule has 2 aromatic rings. The standard InChI is InChI=1S/C24H28N4O3/c1-3-18(4-2)26-24(30)22-16-28(20-11-7-8-12-21(20)31-22)14-13-23(29)27-19-10-6-5-9-17(19)15-25/h5-12,18,22H,3-4,13-14,16H2,1-2H3,(H,26,30)(H,27,29). The van der Waals surface area contributed by atoms with Gasteiger partial charge in [0.25, 0.3) is 5.91 Å². The van der Waals surface area contributed by atoms with Crippen molar-refractivity contribution in [2.45, 2.75) is 45.3 Å². The van der Waals surface area contributed by atoms with Crippen LogP contribution in [0.3, 0.4) is 0 Å². The first kappa shape index (κ1) is 22.2. The molecular weight excluding hydrogens is 392 g/mol. The number of amides is 2. The minimum absolute atomic E-state index is 0.118. The highest BCUT2D eigenvalue weighted by molar-refractivity contribution is 5.92. The SMILES string of the molecule is CCC(CC)NC(=O)C1CN(CCC(=O)Nc2ccccc2C#N)c2ccccc2O1. The average Bonchev–Trinajstić information content (AvgIpc) is 2.80. The monoisotopic (exact) mass is 420 g/mol. The van der Waals surface area contributed by atoms with Crippen LogP contribution in [0.25, 0.3) is 0 Å². The van der Waals surface area contributed by atoms with Gasteiger partial charge in [0.15, 0.2) is 6.10 Å². The molecule has 0 saturated heterocycles. The first-order valence-electron chi connectivity index (χ1n) is 10.7. The summed E-state index contributed by atoms with van der Waals surface area (Å²) in [7, 11) is 0. The molecule has 3 rings (SSSR count). The summed E-state index contributed by atoms with van der Waals surface area (Å²) in [4.78, 5) is 27.3. The van der Waals surface area contributed by atoms with Gasteiger partial charge >= 0.3 is 0 Å². The second kappa shape index (κ2) is 10.5. The molecule has 1 aliphatic rings. The largest absolute Gasteiger partial charge is 0.477 e. The zero-order chi connectivity index (χ0) is 22.2. The molecule has 0 aliphatic carbocycles. The van der Waals surface area contributed by atoms with Gasteiger partial charge in [0, 0.05) is 19.0 Å². The summed E-state index contributed by atoms with van der Waals surface area (Å²) in [5.41, 5.74) is 1.78. The van der Waals surface area contributed by atoms with Crippen molar-refractivity contribution < 1.29 is 14.3 Å². The molecule has 2 N–H and O–H groups in total. The molecule has 0 bridgehead atoms. The van der Waals surface area contributed by atoms with E-state index in [9.17, 15) is 14.9 Å². The topological polar surface area (TPSA) is 94.5 Å². The fourth-order valence-electron chi connectivity index (χ4n) is 3.58. The molecule has 1 unspecified atom stereocenters. The number of carbonyl (C=O) groups excluding carboxylic acids is 2. The molecule has 2 aromatic carbocycles. The number of nitriles is 1. The fourth-order valence-corrected chi connectivity index (χ4v) is 3.58. The average molecular weight is 421 g/mol. The number of nitrogens with zero attached hydrogens (tertiary/aromatic N) is 2. The zero-order valence-corrected chi connectivity index (χ0v) is 17.9. The molecule has 0 aromatic heterocycles.